The molecule has 0 bridgehead atoms. The Hall–Kier alpha value is -1.73. The van der Waals surface area contributed by atoms with Crippen LogP contribution in [0.4, 0.5) is 9.80 Å². The summed E-state index contributed by atoms with van der Waals surface area (Å²) in [7, 11) is 0.769. The number of carbonyl (C=O) groups is 1. The number of carbonyl (C=O) groups excluding carboxylic acids is 1. The maximum atomic E-state index is 12.2. The van der Waals surface area contributed by atoms with Crippen LogP contribution in [0.2, 0.25) is 0 Å². The molecule has 0 aliphatic rings. The van der Waals surface area contributed by atoms with Gasteiger partial charge in [0.2, 0.25) is 0 Å². The molecule has 0 fully saturated rings. The van der Waals surface area contributed by atoms with Gasteiger partial charge >= 0.3 is 6.03 Å². The van der Waals surface area contributed by atoms with Crippen LogP contribution in [0.3, 0.4) is 0 Å². The summed E-state index contributed by atoms with van der Waals surface area (Å²) >= 11 is 1.25. The van der Waals surface area contributed by atoms with E-state index in [1.54, 1.807) is 18.2 Å². The molecule has 0 aliphatic heterocycles. The van der Waals surface area contributed by atoms with Crippen molar-refractivity contribution in [1.82, 2.24) is 9.27 Å². The minimum absolute atomic E-state index is 0.0904. The van der Waals surface area contributed by atoms with Crippen molar-refractivity contribution in [2.45, 2.75) is 13.0 Å². The maximum absolute atomic E-state index is 12.2. The number of benzene rings is 1. The Bertz CT molecular complexity index is 658. The lowest BCUT2D eigenvalue weighted by molar-refractivity contribution is 0.212. The topological polar surface area (TPSA) is 62.3 Å². The van der Waals surface area contributed by atoms with Crippen LogP contribution in [0.25, 0.3) is 11.3 Å². The highest BCUT2D eigenvalue weighted by atomic mass is 32.2. The molecule has 2 rings (SSSR count). The fraction of sp³-hybridized carbons (Fsp3) is 0.333. The Morgan fingerprint density at radius 1 is 1.41 bits per heavy atom. The number of amides is 2. The van der Waals surface area contributed by atoms with Crippen LogP contribution in [-0.2, 0) is 10.8 Å². The Balaban J connectivity index is 2.01. The summed E-state index contributed by atoms with van der Waals surface area (Å²) in [5.41, 5.74) is 1.86. The van der Waals surface area contributed by atoms with E-state index in [-0.39, 0.29) is 12.1 Å². The molecular formula is C15H19N3O2S2. The fourth-order valence-corrected chi connectivity index (χ4v) is 3.48. The zero-order chi connectivity index (χ0) is 16.1. The Kier molecular flexibility index (Phi) is 5.68. The first-order valence-corrected chi connectivity index (χ1v) is 9.33. The molecule has 7 heteroatoms. The molecule has 0 radical (unpaired) electrons. The standard InChI is InChI=1S/C15H19N3O2S2/c1-11(10-22(3)20)18(2)15(19)16-14-9-13(17-21-14)12-7-5-4-6-8-12/h4-9,11H,10H2,1-3H3,(H,16,19)/t11-,22-/m1/s1. The predicted octanol–water partition coefficient (Wildman–Crippen LogP) is 3.04. The summed E-state index contributed by atoms with van der Waals surface area (Å²) in [4.78, 5) is 13.7. The summed E-state index contributed by atoms with van der Waals surface area (Å²) < 4.78 is 15.6. The molecule has 0 spiro atoms. The molecule has 5 nitrogen and oxygen atoms in total. The number of urea groups is 1. The maximum Gasteiger partial charge on any atom is 0.322 e. The monoisotopic (exact) mass is 337 g/mol. The Morgan fingerprint density at radius 2 is 2.09 bits per heavy atom. The molecule has 0 saturated heterocycles. The summed E-state index contributed by atoms with van der Waals surface area (Å²) in [6, 6.07) is 11.4. The molecule has 1 heterocycles. The van der Waals surface area contributed by atoms with Crippen molar-refractivity contribution >= 4 is 33.4 Å². The Morgan fingerprint density at radius 3 is 2.73 bits per heavy atom. The zero-order valence-corrected chi connectivity index (χ0v) is 14.4. The molecule has 2 amide bonds. The van der Waals surface area contributed by atoms with Crippen LogP contribution in [-0.4, -0.2) is 44.6 Å². The molecule has 118 valence electrons. The molecule has 22 heavy (non-hydrogen) atoms. The minimum Gasteiger partial charge on any atom is -0.324 e. The molecule has 0 aliphatic carbocycles. The van der Waals surface area contributed by atoms with Gasteiger partial charge in [-0.2, -0.15) is 4.37 Å². The summed E-state index contributed by atoms with van der Waals surface area (Å²) in [5, 5.41) is 3.52. The third kappa shape index (κ3) is 4.38. The van der Waals surface area contributed by atoms with E-state index in [4.69, 9.17) is 0 Å². The highest BCUT2D eigenvalue weighted by Crippen LogP contribution is 2.25. The lowest BCUT2D eigenvalue weighted by atomic mass is 10.2. The summed E-state index contributed by atoms with van der Waals surface area (Å²) in [6.45, 7) is 1.88. The second kappa shape index (κ2) is 7.51. The number of nitrogens with zero attached hydrogens (tertiary/aromatic N) is 2. The van der Waals surface area contributed by atoms with Gasteiger partial charge in [0.15, 0.2) is 0 Å². The Labute approximate surface area is 137 Å². The first kappa shape index (κ1) is 16.6. The first-order valence-electron chi connectivity index (χ1n) is 6.83. The quantitative estimate of drug-likeness (QED) is 0.912. The lowest BCUT2D eigenvalue weighted by Gasteiger charge is -2.23. The smallest absolute Gasteiger partial charge is 0.322 e. The molecular weight excluding hydrogens is 318 g/mol. The van der Waals surface area contributed by atoms with Crippen molar-refractivity contribution in [1.29, 1.82) is 0 Å². The average Bonchev–Trinajstić information content (AvgIpc) is 2.95. The van der Waals surface area contributed by atoms with Crippen LogP contribution in [0, 0.1) is 0 Å². The molecule has 1 N–H and O–H groups in total. The molecule has 0 unspecified atom stereocenters. The van der Waals surface area contributed by atoms with E-state index >= 15 is 0 Å². The van der Waals surface area contributed by atoms with E-state index in [9.17, 15) is 9.00 Å². The van der Waals surface area contributed by atoms with Gasteiger partial charge in [-0.3, -0.25) is 9.53 Å². The average molecular weight is 337 g/mol. The largest absolute Gasteiger partial charge is 0.324 e. The van der Waals surface area contributed by atoms with E-state index in [1.165, 1.54) is 11.5 Å². The number of anilines is 1. The van der Waals surface area contributed by atoms with E-state index in [2.05, 4.69) is 9.69 Å². The van der Waals surface area contributed by atoms with Crippen LogP contribution >= 0.6 is 11.5 Å². The van der Waals surface area contributed by atoms with Gasteiger partial charge in [0.05, 0.1) is 5.69 Å². The SMILES string of the molecule is C[C@H](C[S@@](C)=O)N(C)C(=O)Nc1cc(-c2ccccc2)ns1. The number of hydrogen-bond donors (Lipinski definition) is 1. The predicted molar refractivity (Wildman–Crippen MR) is 92.7 cm³/mol. The van der Waals surface area contributed by atoms with Crippen molar-refractivity contribution in [3.63, 3.8) is 0 Å². The van der Waals surface area contributed by atoms with E-state index in [1.807, 2.05) is 43.3 Å². The summed E-state index contributed by atoms with van der Waals surface area (Å²) in [6.07, 6.45) is 1.64. The first-order chi connectivity index (χ1) is 10.5. The van der Waals surface area contributed by atoms with E-state index < -0.39 is 10.8 Å². The van der Waals surface area contributed by atoms with Crippen LogP contribution in [0.5, 0.6) is 0 Å². The van der Waals surface area contributed by atoms with Gasteiger partial charge in [0.25, 0.3) is 0 Å². The molecule has 1 aromatic heterocycles. The van der Waals surface area contributed by atoms with Crippen molar-refractivity contribution in [2.24, 2.45) is 0 Å². The van der Waals surface area contributed by atoms with E-state index in [0.717, 1.165) is 11.3 Å². The molecule has 2 aromatic rings. The highest BCUT2D eigenvalue weighted by molar-refractivity contribution is 7.84. The third-order valence-electron chi connectivity index (χ3n) is 3.27. The van der Waals surface area contributed by atoms with Gasteiger partial charge in [0, 0.05) is 47.5 Å². The second-order valence-corrected chi connectivity index (χ2v) is 7.36. The van der Waals surface area contributed by atoms with Gasteiger partial charge in [-0.05, 0) is 18.5 Å². The normalized spacial score (nSPS) is 13.4. The van der Waals surface area contributed by atoms with Crippen molar-refractivity contribution in [3.8, 4) is 11.3 Å². The van der Waals surface area contributed by atoms with Gasteiger partial charge < -0.3 is 4.90 Å². The minimum atomic E-state index is -0.931. The fourth-order valence-electron chi connectivity index (χ4n) is 1.92. The number of nitrogens with one attached hydrogen (secondary N) is 1. The zero-order valence-electron chi connectivity index (χ0n) is 12.8. The molecule has 0 saturated carbocycles. The van der Waals surface area contributed by atoms with Crippen LogP contribution in [0.1, 0.15) is 6.92 Å². The molecule has 2 atom stereocenters. The van der Waals surface area contributed by atoms with Gasteiger partial charge in [-0.1, -0.05) is 30.3 Å². The highest BCUT2D eigenvalue weighted by Gasteiger charge is 2.17. The van der Waals surface area contributed by atoms with E-state index in [0.29, 0.717) is 10.8 Å². The van der Waals surface area contributed by atoms with Crippen molar-refractivity contribution in [2.75, 3.05) is 24.4 Å². The van der Waals surface area contributed by atoms with Crippen LogP contribution < -0.4 is 5.32 Å². The number of rotatable bonds is 5. The second-order valence-electron chi connectivity index (χ2n) is 5.07. The third-order valence-corrected chi connectivity index (χ3v) is 4.92. The van der Waals surface area contributed by atoms with Gasteiger partial charge in [-0.25, -0.2) is 4.79 Å². The number of aromatic nitrogens is 1. The molecule has 1 aromatic carbocycles. The lowest BCUT2D eigenvalue weighted by Crippen LogP contribution is -2.40. The van der Waals surface area contributed by atoms with Gasteiger partial charge in [0.1, 0.15) is 5.00 Å². The van der Waals surface area contributed by atoms with Gasteiger partial charge in [-0.15, -0.1) is 0 Å². The summed E-state index contributed by atoms with van der Waals surface area (Å²) in [5.74, 6) is 0.460. The van der Waals surface area contributed by atoms with Crippen molar-refractivity contribution in [3.05, 3.63) is 36.4 Å². The number of hydrogen-bond acceptors (Lipinski definition) is 4. The van der Waals surface area contributed by atoms with Crippen LogP contribution in [0.15, 0.2) is 36.4 Å². The van der Waals surface area contributed by atoms with Crippen molar-refractivity contribution < 1.29 is 9.00 Å².